The van der Waals surface area contributed by atoms with E-state index in [1.165, 1.54) is 0 Å². The summed E-state index contributed by atoms with van der Waals surface area (Å²) in [5, 5.41) is 3.43. The minimum atomic E-state index is -0.167. The summed E-state index contributed by atoms with van der Waals surface area (Å²) >= 11 is 6.03. The van der Waals surface area contributed by atoms with Crippen LogP contribution in [0.3, 0.4) is 0 Å². The number of aromatic nitrogens is 2. The molecule has 0 saturated carbocycles. The molecular weight excluding hydrogens is 366 g/mol. The largest absolute Gasteiger partial charge is 0.495 e. The normalized spacial score (nSPS) is 14.4. The molecule has 2 aromatic carbocycles. The molecule has 0 bridgehead atoms. The lowest BCUT2D eigenvalue weighted by Gasteiger charge is -2.34. The van der Waals surface area contributed by atoms with Gasteiger partial charge in [-0.2, -0.15) is 0 Å². The summed E-state index contributed by atoms with van der Waals surface area (Å²) in [6.07, 6.45) is 0. The Hall–Kier alpha value is -2.93. The van der Waals surface area contributed by atoms with Crippen molar-refractivity contribution in [3.05, 3.63) is 47.5 Å². The summed E-state index contributed by atoms with van der Waals surface area (Å²) in [6, 6.07) is 12.9. The molecular formula is C19H20ClN5O2. The van der Waals surface area contributed by atoms with Crippen molar-refractivity contribution in [3.8, 4) is 5.75 Å². The van der Waals surface area contributed by atoms with Gasteiger partial charge in [0.1, 0.15) is 5.75 Å². The molecule has 27 heavy (non-hydrogen) atoms. The number of ether oxygens (including phenoxy) is 1. The van der Waals surface area contributed by atoms with Crippen LogP contribution in [0.4, 0.5) is 16.4 Å². The Bertz CT molecular complexity index is 933. The number of amides is 2. The van der Waals surface area contributed by atoms with Gasteiger partial charge < -0.3 is 24.8 Å². The molecule has 2 heterocycles. The number of urea groups is 1. The summed E-state index contributed by atoms with van der Waals surface area (Å²) in [6.45, 7) is 2.62. The summed E-state index contributed by atoms with van der Waals surface area (Å²) in [4.78, 5) is 24.5. The van der Waals surface area contributed by atoms with Crippen molar-refractivity contribution in [2.45, 2.75) is 0 Å². The van der Waals surface area contributed by atoms with Crippen LogP contribution in [-0.4, -0.2) is 54.2 Å². The van der Waals surface area contributed by atoms with Crippen molar-refractivity contribution >= 4 is 40.3 Å². The summed E-state index contributed by atoms with van der Waals surface area (Å²) in [5.41, 5.74) is 2.52. The van der Waals surface area contributed by atoms with Crippen LogP contribution in [0.1, 0.15) is 0 Å². The average Bonchev–Trinajstić information content (AvgIpc) is 3.12. The number of piperazine rings is 1. The molecule has 1 saturated heterocycles. The number of rotatable bonds is 3. The summed E-state index contributed by atoms with van der Waals surface area (Å²) in [5.74, 6) is 1.42. The Balaban J connectivity index is 1.40. The van der Waals surface area contributed by atoms with Crippen LogP contribution in [0, 0.1) is 0 Å². The Morgan fingerprint density at radius 3 is 2.70 bits per heavy atom. The van der Waals surface area contributed by atoms with Gasteiger partial charge in [0.15, 0.2) is 0 Å². The molecule has 3 aromatic rings. The molecule has 0 unspecified atom stereocenters. The molecule has 8 heteroatoms. The van der Waals surface area contributed by atoms with E-state index in [-0.39, 0.29) is 6.03 Å². The number of H-pyrrole nitrogens is 1. The van der Waals surface area contributed by atoms with E-state index in [4.69, 9.17) is 16.3 Å². The zero-order chi connectivity index (χ0) is 18.8. The first-order valence-electron chi connectivity index (χ1n) is 8.73. The van der Waals surface area contributed by atoms with Gasteiger partial charge in [-0.25, -0.2) is 9.78 Å². The lowest BCUT2D eigenvalue weighted by Crippen LogP contribution is -2.50. The number of fused-ring (bicyclic) bond motifs is 1. The summed E-state index contributed by atoms with van der Waals surface area (Å²) in [7, 11) is 1.56. The van der Waals surface area contributed by atoms with E-state index in [0.29, 0.717) is 42.6 Å². The number of aromatic amines is 1. The third kappa shape index (κ3) is 3.64. The number of carbonyl (C=O) groups excluding carboxylic acids is 1. The summed E-state index contributed by atoms with van der Waals surface area (Å²) < 4.78 is 5.28. The van der Waals surface area contributed by atoms with E-state index in [0.717, 1.165) is 17.0 Å². The van der Waals surface area contributed by atoms with E-state index >= 15 is 0 Å². The SMILES string of the molecule is COc1ccc(Cl)cc1NC(=O)N1CCN(c2nc3ccccc3[nH]2)CC1. The predicted molar refractivity (Wildman–Crippen MR) is 107 cm³/mol. The number of para-hydroxylation sites is 2. The zero-order valence-corrected chi connectivity index (χ0v) is 15.7. The number of carbonyl (C=O) groups is 1. The molecule has 7 nitrogen and oxygen atoms in total. The molecule has 2 N–H and O–H groups in total. The van der Waals surface area contributed by atoms with Crippen LogP contribution in [-0.2, 0) is 0 Å². The smallest absolute Gasteiger partial charge is 0.322 e. The molecule has 4 rings (SSSR count). The van der Waals surface area contributed by atoms with E-state index in [1.54, 1.807) is 30.2 Å². The number of methoxy groups -OCH3 is 1. The van der Waals surface area contributed by atoms with Gasteiger partial charge in [-0.3, -0.25) is 0 Å². The molecule has 0 spiro atoms. The van der Waals surface area contributed by atoms with Gasteiger partial charge in [-0.1, -0.05) is 23.7 Å². The zero-order valence-electron chi connectivity index (χ0n) is 14.9. The lowest BCUT2D eigenvalue weighted by molar-refractivity contribution is 0.208. The molecule has 2 amide bonds. The second kappa shape index (κ2) is 7.36. The topological polar surface area (TPSA) is 73.5 Å². The standard InChI is InChI=1S/C19H20ClN5O2/c1-27-17-7-6-13(20)12-16(17)23-19(26)25-10-8-24(9-11-25)18-21-14-4-2-3-5-15(14)22-18/h2-7,12H,8-11H2,1H3,(H,21,22)(H,23,26). The molecule has 0 aliphatic carbocycles. The number of hydrogen-bond acceptors (Lipinski definition) is 4. The number of anilines is 2. The highest BCUT2D eigenvalue weighted by Crippen LogP contribution is 2.28. The van der Waals surface area contributed by atoms with Crippen LogP contribution in [0.2, 0.25) is 5.02 Å². The maximum atomic E-state index is 12.6. The Labute approximate surface area is 161 Å². The molecule has 0 radical (unpaired) electrons. The van der Waals surface area contributed by atoms with Crippen LogP contribution < -0.4 is 15.0 Å². The monoisotopic (exact) mass is 385 g/mol. The maximum absolute atomic E-state index is 12.6. The first-order chi connectivity index (χ1) is 13.1. The number of hydrogen-bond donors (Lipinski definition) is 2. The van der Waals surface area contributed by atoms with Gasteiger partial charge in [-0.05, 0) is 30.3 Å². The second-order valence-electron chi connectivity index (χ2n) is 6.33. The predicted octanol–water partition coefficient (Wildman–Crippen LogP) is 3.58. The highest BCUT2D eigenvalue weighted by molar-refractivity contribution is 6.31. The number of nitrogens with one attached hydrogen (secondary N) is 2. The quantitative estimate of drug-likeness (QED) is 0.722. The van der Waals surface area contributed by atoms with Gasteiger partial charge in [-0.15, -0.1) is 0 Å². The van der Waals surface area contributed by atoms with Gasteiger partial charge in [0.2, 0.25) is 5.95 Å². The van der Waals surface area contributed by atoms with Crippen molar-refractivity contribution in [1.29, 1.82) is 0 Å². The van der Waals surface area contributed by atoms with Gasteiger partial charge in [0.25, 0.3) is 0 Å². The lowest BCUT2D eigenvalue weighted by atomic mass is 10.3. The van der Waals surface area contributed by atoms with E-state index < -0.39 is 0 Å². The van der Waals surface area contributed by atoms with Crippen LogP contribution >= 0.6 is 11.6 Å². The van der Waals surface area contributed by atoms with Gasteiger partial charge in [0.05, 0.1) is 23.8 Å². The molecule has 1 fully saturated rings. The second-order valence-corrected chi connectivity index (χ2v) is 6.76. The Kier molecular flexibility index (Phi) is 4.77. The molecule has 140 valence electrons. The number of benzene rings is 2. The Morgan fingerprint density at radius 1 is 1.19 bits per heavy atom. The fraction of sp³-hybridized carbons (Fsp3) is 0.263. The van der Waals surface area contributed by atoms with E-state index in [9.17, 15) is 4.79 Å². The maximum Gasteiger partial charge on any atom is 0.322 e. The van der Waals surface area contributed by atoms with E-state index in [1.807, 2.05) is 24.3 Å². The van der Waals surface area contributed by atoms with Gasteiger partial charge in [0, 0.05) is 31.2 Å². The number of nitrogens with zero attached hydrogens (tertiary/aromatic N) is 3. The van der Waals surface area contributed by atoms with E-state index in [2.05, 4.69) is 20.2 Å². The van der Waals surface area contributed by atoms with Crippen molar-refractivity contribution in [2.75, 3.05) is 43.5 Å². The molecule has 1 aromatic heterocycles. The van der Waals surface area contributed by atoms with Crippen LogP contribution in [0.25, 0.3) is 11.0 Å². The van der Waals surface area contributed by atoms with Crippen molar-refractivity contribution in [1.82, 2.24) is 14.9 Å². The van der Waals surface area contributed by atoms with Crippen molar-refractivity contribution in [2.24, 2.45) is 0 Å². The molecule has 0 atom stereocenters. The van der Waals surface area contributed by atoms with Crippen LogP contribution in [0.15, 0.2) is 42.5 Å². The number of halogens is 1. The highest BCUT2D eigenvalue weighted by atomic mass is 35.5. The minimum absolute atomic E-state index is 0.167. The minimum Gasteiger partial charge on any atom is -0.495 e. The first kappa shape index (κ1) is 17.5. The average molecular weight is 386 g/mol. The third-order valence-corrected chi connectivity index (χ3v) is 4.88. The van der Waals surface area contributed by atoms with Crippen molar-refractivity contribution < 1.29 is 9.53 Å². The number of imidazole rings is 1. The highest BCUT2D eigenvalue weighted by Gasteiger charge is 2.23. The van der Waals surface area contributed by atoms with Crippen molar-refractivity contribution in [3.63, 3.8) is 0 Å². The fourth-order valence-electron chi connectivity index (χ4n) is 3.18. The molecule has 1 aliphatic heterocycles. The van der Waals surface area contributed by atoms with Gasteiger partial charge >= 0.3 is 6.03 Å². The molecule has 1 aliphatic rings. The van der Waals surface area contributed by atoms with Crippen LogP contribution in [0.5, 0.6) is 5.75 Å². The Morgan fingerprint density at radius 2 is 1.96 bits per heavy atom. The fourth-order valence-corrected chi connectivity index (χ4v) is 3.35. The first-order valence-corrected chi connectivity index (χ1v) is 9.11. The third-order valence-electron chi connectivity index (χ3n) is 4.65.